The average molecular weight is 222 g/mol. The molecule has 1 heterocycles. The van der Waals surface area contributed by atoms with E-state index in [-0.39, 0.29) is 11.9 Å². The van der Waals surface area contributed by atoms with E-state index in [4.69, 9.17) is 10.2 Å². The molecule has 1 aliphatic carbocycles. The summed E-state index contributed by atoms with van der Waals surface area (Å²) < 4.78 is 5.11. The standard InChI is InChI=1S/C12H18N2O2/c1-8-6-9(7-16-8)12(15)14-11-4-2-10(13)3-5-11/h6-7,10-11H,2-5,13H2,1H3,(H,14,15). The van der Waals surface area contributed by atoms with Crippen LogP contribution in [-0.4, -0.2) is 18.0 Å². The quantitative estimate of drug-likeness (QED) is 0.798. The average Bonchev–Trinajstić information content (AvgIpc) is 2.68. The number of nitrogens with two attached hydrogens (primary N) is 1. The Balaban J connectivity index is 1.88. The summed E-state index contributed by atoms with van der Waals surface area (Å²) in [5.41, 5.74) is 6.42. The lowest BCUT2D eigenvalue weighted by molar-refractivity contribution is 0.0925. The molecule has 2 rings (SSSR count). The highest BCUT2D eigenvalue weighted by molar-refractivity contribution is 5.94. The molecule has 16 heavy (non-hydrogen) atoms. The second-order valence-electron chi connectivity index (χ2n) is 4.53. The first kappa shape index (κ1) is 11.2. The number of amides is 1. The first-order valence-electron chi connectivity index (χ1n) is 5.76. The third kappa shape index (κ3) is 2.64. The van der Waals surface area contributed by atoms with Gasteiger partial charge in [-0.2, -0.15) is 0 Å². The monoisotopic (exact) mass is 222 g/mol. The summed E-state index contributed by atoms with van der Waals surface area (Å²) in [6.07, 6.45) is 5.44. The summed E-state index contributed by atoms with van der Waals surface area (Å²) in [7, 11) is 0. The summed E-state index contributed by atoms with van der Waals surface area (Å²) >= 11 is 0. The minimum Gasteiger partial charge on any atom is -0.469 e. The molecule has 1 fully saturated rings. The molecule has 1 aromatic rings. The van der Waals surface area contributed by atoms with Gasteiger partial charge in [0.1, 0.15) is 12.0 Å². The van der Waals surface area contributed by atoms with Crippen LogP contribution in [0.3, 0.4) is 0 Å². The Morgan fingerprint density at radius 3 is 2.69 bits per heavy atom. The first-order chi connectivity index (χ1) is 7.65. The highest BCUT2D eigenvalue weighted by Gasteiger charge is 2.20. The highest BCUT2D eigenvalue weighted by Crippen LogP contribution is 2.17. The molecule has 88 valence electrons. The molecule has 0 aliphatic heterocycles. The number of nitrogens with one attached hydrogen (secondary N) is 1. The smallest absolute Gasteiger partial charge is 0.254 e. The van der Waals surface area contributed by atoms with E-state index in [0.29, 0.717) is 11.6 Å². The molecular weight excluding hydrogens is 204 g/mol. The molecule has 1 aliphatic rings. The van der Waals surface area contributed by atoms with E-state index in [1.807, 2.05) is 6.92 Å². The summed E-state index contributed by atoms with van der Waals surface area (Å²) in [5, 5.41) is 3.01. The summed E-state index contributed by atoms with van der Waals surface area (Å²) in [6.45, 7) is 1.83. The molecule has 4 nitrogen and oxygen atoms in total. The second kappa shape index (κ2) is 4.70. The molecule has 4 heteroatoms. The van der Waals surface area contributed by atoms with E-state index in [2.05, 4.69) is 5.32 Å². The van der Waals surface area contributed by atoms with E-state index in [1.165, 1.54) is 6.26 Å². The van der Waals surface area contributed by atoms with Gasteiger partial charge in [0.05, 0.1) is 5.56 Å². The van der Waals surface area contributed by atoms with Gasteiger partial charge >= 0.3 is 0 Å². The van der Waals surface area contributed by atoms with Gasteiger partial charge in [-0.15, -0.1) is 0 Å². The molecule has 3 N–H and O–H groups in total. The van der Waals surface area contributed by atoms with Crippen molar-refractivity contribution in [1.82, 2.24) is 5.32 Å². The van der Waals surface area contributed by atoms with Crippen LogP contribution in [0.25, 0.3) is 0 Å². The van der Waals surface area contributed by atoms with Crippen molar-refractivity contribution in [1.29, 1.82) is 0 Å². The predicted octanol–water partition coefficient (Wildman–Crippen LogP) is 1.59. The Bertz CT molecular complexity index is 365. The van der Waals surface area contributed by atoms with Crippen LogP contribution in [0.1, 0.15) is 41.8 Å². The first-order valence-corrected chi connectivity index (χ1v) is 5.76. The Labute approximate surface area is 95.2 Å². The lowest BCUT2D eigenvalue weighted by atomic mass is 9.92. The van der Waals surface area contributed by atoms with Crippen LogP contribution in [0.15, 0.2) is 16.7 Å². The fourth-order valence-electron chi connectivity index (χ4n) is 2.09. The lowest BCUT2D eigenvalue weighted by Crippen LogP contribution is -2.40. The molecule has 0 saturated heterocycles. The van der Waals surface area contributed by atoms with E-state index in [1.54, 1.807) is 6.07 Å². The van der Waals surface area contributed by atoms with Gasteiger partial charge in [0.25, 0.3) is 5.91 Å². The van der Waals surface area contributed by atoms with E-state index < -0.39 is 0 Å². The molecule has 0 radical (unpaired) electrons. The van der Waals surface area contributed by atoms with Gasteiger partial charge in [0.15, 0.2) is 0 Å². The van der Waals surface area contributed by atoms with Crippen LogP contribution in [0.5, 0.6) is 0 Å². The minimum atomic E-state index is -0.0441. The largest absolute Gasteiger partial charge is 0.469 e. The Morgan fingerprint density at radius 2 is 2.12 bits per heavy atom. The molecule has 0 unspecified atom stereocenters. The lowest BCUT2D eigenvalue weighted by Gasteiger charge is -2.26. The molecule has 0 aromatic carbocycles. The molecule has 1 saturated carbocycles. The maximum absolute atomic E-state index is 11.8. The molecule has 1 amide bonds. The van der Waals surface area contributed by atoms with Crippen LogP contribution in [0, 0.1) is 6.92 Å². The van der Waals surface area contributed by atoms with Crippen LogP contribution < -0.4 is 11.1 Å². The van der Waals surface area contributed by atoms with Crippen LogP contribution >= 0.6 is 0 Å². The minimum absolute atomic E-state index is 0.0441. The number of aryl methyl sites for hydroxylation is 1. The summed E-state index contributed by atoms with van der Waals surface area (Å²) in [4.78, 5) is 11.8. The van der Waals surface area contributed by atoms with Crippen molar-refractivity contribution in [2.75, 3.05) is 0 Å². The molecule has 0 bridgehead atoms. The second-order valence-corrected chi connectivity index (χ2v) is 4.53. The van der Waals surface area contributed by atoms with Crippen molar-refractivity contribution < 1.29 is 9.21 Å². The van der Waals surface area contributed by atoms with Gasteiger partial charge in [0, 0.05) is 12.1 Å². The zero-order valence-corrected chi connectivity index (χ0v) is 9.53. The third-order valence-corrected chi connectivity index (χ3v) is 3.10. The van der Waals surface area contributed by atoms with Crippen molar-refractivity contribution in [3.05, 3.63) is 23.7 Å². The fourth-order valence-corrected chi connectivity index (χ4v) is 2.09. The molecular formula is C12H18N2O2. The topological polar surface area (TPSA) is 68.3 Å². The van der Waals surface area contributed by atoms with Gasteiger partial charge in [0.2, 0.25) is 0 Å². The number of hydrogen-bond donors (Lipinski definition) is 2. The van der Waals surface area contributed by atoms with Crippen molar-refractivity contribution in [3.8, 4) is 0 Å². The number of rotatable bonds is 2. The zero-order chi connectivity index (χ0) is 11.5. The van der Waals surface area contributed by atoms with Crippen LogP contribution in [0.4, 0.5) is 0 Å². The van der Waals surface area contributed by atoms with Crippen molar-refractivity contribution in [2.45, 2.75) is 44.7 Å². The van der Waals surface area contributed by atoms with Crippen molar-refractivity contribution in [3.63, 3.8) is 0 Å². The van der Waals surface area contributed by atoms with Gasteiger partial charge in [-0.25, -0.2) is 0 Å². The van der Waals surface area contributed by atoms with Crippen LogP contribution in [-0.2, 0) is 0 Å². The fraction of sp³-hybridized carbons (Fsp3) is 0.583. The number of carbonyl (C=O) groups is 1. The number of hydrogen-bond acceptors (Lipinski definition) is 3. The predicted molar refractivity (Wildman–Crippen MR) is 61.1 cm³/mol. The van der Waals surface area contributed by atoms with Crippen molar-refractivity contribution >= 4 is 5.91 Å². The third-order valence-electron chi connectivity index (χ3n) is 3.10. The van der Waals surface area contributed by atoms with Crippen molar-refractivity contribution in [2.24, 2.45) is 5.73 Å². The van der Waals surface area contributed by atoms with Gasteiger partial charge in [-0.05, 0) is 38.7 Å². The zero-order valence-electron chi connectivity index (χ0n) is 9.53. The van der Waals surface area contributed by atoms with Gasteiger partial charge in [-0.1, -0.05) is 0 Å². The van der Waals surface area contributed by atoms with E-state index >= 15 is 0 Å². The molecule has 1 aromatic heterocycles. The number of furan rings is 1. The maximum atomic E-state index is 11.8. The van der Waals surface area contributed by atoms with E-state index in [9.17, 15) is 4.79 Å². The summed E-state index contributed by atoms with van der Waals surface area (Å²) in [6, 6.07) is 2.33. The van der Waals surface area contributed by atoms with Gasteiger partial charge in [-0.3, -0.25) is 4.79 Å². The molecule has 0 atom stereocenters. The Morgan fingerprint density at radius 1 is 1.44 bits per heavy atom. The Hall–Kier alpha value is -1.29. The molecule has 0 spiro atoms. The maximum Gasteiger partial charge on any atom is 0.254 e. The number of carbonyl (C=O) groups excluding carboxylic acids is 1. The normalized spacial score (nSPS) is 25.4. The summed E-state index contributed by atoms with van der Waals surface area (Å²) in [5.74, 6) is 0.716. The Kier molecular flexibility index (Phi) is 3.29. The highest BCUT2D eigenvalue weighted by atomic mass is 16.3. The SMILES string of the molecule is Cc1cc(C(=O)NC2CCC(N)CC2)co1. The van der Waals surface area contributed by atoms with E-state index in [0.717, 1.165) is 31.4 Å². The van der Waals surface area contributed by atoms with Crippen LogP contribution in [0.2, 0.25) is 0 Å². The van der Waals surface area contributed by atoms with Gasteiger partial charge < -0.3 is 15.5 Å².